The molecule has 2 aromatic carbocycles. The molecule has 7 nitrogen and oxygen atoms in total. The molecule has 0 aliphatic heterocycles. The first-order valence-corrected chi connectivity index (χ1v) is 6.85. The third kappa shape index (κ3) is 4.13. The van der Waals surface area contributed by atoms with Crippen LogP contribution >= 0.6 is 0 Å². The molecule has 0 saturated carbocycles. The van der Waals surface area contributed by atoms with Crippen LogP contribution < -0.4 is 4.74 Å². The molecule has 0 heterocycles. The van der Waals surface area contributed by atoms with Crippen molar-refractivity contribution in [3.05, 3.63) is 73.8 Å². The number of benzene rings is 2. The average Bonchev–Trinajstić information content (AvgIpc) is 2.53. The predicted molar refractivity (Wildman–Crippen MR) is 86.3 cm³/mol. The van der Waals surface area contributed by atoms with E-state index in [4.69, 9.17) is 4.74 Å². The van der Waals surface area contributed by atoms with E-state index in [1.165, 1.54) is 12.1 Å². The molecule has 7 heteroatoms. The van der Waals surface area contributed by atoms with Gasteiger partial charge >= 0.3 is 0 Å². The number of hydrogen-bond acceptors (Lipinski definition) is 5. The summed E-state index contributed by atoms with van der Waals surface area (Å²) >= 11 is 0. The van der Waals surface area contributed by atoms with Crippen LogP contribution in [0.25, 0.3) is 12.2 Å². The number of nitrogens with zero attached hydrogens (tertiary/aromatic N) is 2. The maximum Gasteiger partial charge on any atom is 0.283 e. The van der Waals surface area contributed by atoms with Gasteiger partial charge in [-0.15, -0.1) is 0 Å². The van der Waals surface area contributed by atoms with E-state index in [9.17, 15) is 20.2 Å². The summed E-state index contributed by atoms with van der Waals surface area (Å²) in [6.07, 6.45) is 3.24. The van der Waals surface area contributed by atoms with Crippen molar-refractivity contribution < 1.29 is 14.6 Å². The number of hydrogen-bond donors (Lipinski definition) is 0. The molecule has 0 spiro atoms. The van der Waals surface area contributed by atoms with Crippen LogP contribution in [-0.4, -0.2) is 16.5 Å². The predicted octanol–water partition coefficient (Wildman–Crippen LogP) is 4.07. The van der Waals surface area contributed by atoms with Gasteiger partial charge in [0.25, 0.3) is 11.4 Å². The van der Waals surface area contributed by atoms with Crippen LogP contribution in [0.2, 0.25) is 0 Å². The second-order valence-electron chi connectivity index (χ2n) is 4.60. The fraction of sp³-hybridized carbons (Fsp3) is 0.125. The number of rotatable bonds is 6. The maximum atomic E-state index is 11.1. The zero-order chi connectivity index (χ0) is 16.8. The zero-order valence-corrected chi connectivity index (χ0v) is 12.3. The van der Waals surface area contributed by atoms with Gasteiger partial charge in [-0.05, 0) is 36.8 Å². The van der Waals surface area contributed by atoms with Crippen molar-refractivity contribution in [2.45, 2.75) is 6.92 Å². The van der Waals surface area contributed by atoms with E-state index in [2.05, 4.69) is 0 Å². The number of nitro groups is 2. The Morgan fingerprint density at radius 3 is 2.48 bits per heavy atom. The topological polar surface area (TPSA) is 95.5 Å². The highest BCUT2D eigenvalue weighted by atomic mass is 16.6. The van der Waals surface area contributed by atoms with Gasteiger partial charge in [-0.1, -0.05) is 18.2 Å². The molecule has 0 aliphatic rings. The van der Waals surface area contributed by atoms with Crippen LogP contribution in [0.4, 0.5) is 11.4 Å². The standard InChI is InChI=1S/C16H14N2O5/c1-2-23-15-5-3-4-12(10-15)6-7-13-8-9-14(17(19)20)11-16(13)18(21)22/h3-11H,2H2,1H3/b7-6+. The van der Waals surface area contributed by atoms with E-state index >= 15 is 0 Å². The fourth-order valence-corrected chi connectivity index (χ4v) is 2.01. The largest absolute Gasteiger partial charge is 0.494 e. The van der Waals surface area contributed by atoms with Crippen LogP contribution in [-0.2, 0) is 0 Å². The van der Waals surface area contributed by atoms with Gasteiger partial charge in [0.1, 0.15) is 5.75 Å². The molecule has 2 aromatic rings. The lowest BCUT2D eigenvalue weighted by Gasteiger charge is -2.03. The summed E-state index contributed by atoms with van der Waals surface area (Å²) in [6.45, 7) is 2.42. The van der Waals surface area contributed by atoms with Crippen LogP contribution in [0, 0.1) is 20.2 Å². The molecule has 0 N–H and O–H groups in total. The van der Waals surface area contributed by atoms with E-state index < -0.39 is 9.85 Å². The molecular weight excluding hydrogens is 300 g/mol. The van der Waals surface area contributed by atoms with Crippen LogP contribution in [0.5, 0.6) is 5.75 Å². The van der Waals surface area contributed by atoms with E-state index in [1.807, 2.05) is 25.1 Å². The second kappa shape index (κ2) is 7.17. The van der Waals surface area contributed by atoms with E-state index in [-0.39, 0.29) is 11.4 Å². The van der Waals surface area contributed by atoms with E-state index in [1.54, 1.807) is 18.2 Å². The summed E-state index contributed by atoms with van der Waals surface area (Å²) in [5.41, 5.74) is 0.481. The molecule has 0 bridgehead atoms. The Morgan fingerprint density at radius 1 is 1.04 bits per heavy atom. The normalized spacial score (nSPS) is 10.7. The average molecular weight is 314 g/mol. The second-order valence-corrected chi connectivity index (χ2v) is 4.60. The SMILES string of the molecule is CCOc1cccc(/C=C/c2ccc([N+](=O)[O-])cc2[N+](=O)[O-])c1. The van der Waals surface area contributed by atoms with Crippen molar-refractivity contribution in [1.82, 2.24) is 0 Å². The van der Waals surface area contributed by atoms with Gasteiger partial charge < -0.3 is 4.74 Å². The Hall–Kier alpha value is -3.22. The molecule has 0 fully saturated rings. The van der Waals surface area contributed by atoms with Crippen molar-refractivity contribution in [2.75, 3.05) is 6.61 Å². The fourth-order valence-electron chi connectivity index (χ4n) is 2.01. The van der Waals surface area contributed by atoms with Crippen LogP contribution in [0.3, 0.4) is 0 Å². The van der Waals surface area contributed by atoms with Gasteiger partial charge in [0.15, 0.2) is 0 Å². The van der Waals surface area contributed by atoms with Crippen LogP contribution in [0.15, 0.2) is 42.5 Å². The summed E-state index contributed by atoms with van der Waals surface area (Å²) < 4.78 is 5.39. The van der Waals surface area contributed by atoms with Gasteiger partial charge in [0, 0.05) is 6.07 Å². The Balaban J connectivity index is 2.33. The third-order valence-corrected chi connectivity index (χ3v) is 3.05. The Morgan fingerprint density at radius 2 is 1.83 bits per heavy atom. The number of ether oxygens (including phenoxy) is 1. The molecule has 118 valence electrons. The van der Waals surface area contributed by atoms with Gasteiger partial charge in [0.2, 0.25) is 0 Å². The molecule has 0 saturated heterocycles. The smallest absolute Gasteiger partial charge is 0.283 e. The molecule has 0 radical (unpaired) electrons. The summed E-state index contributed by atoms with van der Waals surface area (Å²) in [5, 5.41) is 21.8. The first-order chi connectivity index (χ1) is 11.0. The van der Waals surface area contributed by atoms with Crippen molar-refractivity contribution in [3.8, 4) is 5.75 Å². The molecule has 2 rings (SSSR count). The van der Waals surface area contributed by atoms with Gasteiger partial charge in [-0.3, -0.25) is 20.2 Å². The first kappa shape index (κ1) is 16.2. The van der Waals surface area contributed by atoms with Gasteiger partial charge in [0.05, 0.1) is 28.1 Å². The van der Waals surface area contributed by atoms with Crippen molar-refractivity contribution in [2.24, 2.45) is 0 Å². The molecular formula is C16H14N2O5. The van der Waals surface area contributed by atoms with Gasteiger partial charge in [-0.25, -0.2) is 0 Å². The Bertz CT molecular complexity index is 771. The van der Waals surface area contributed by atoms with Crippen LogP contribution in [0.1, 0.15) is 18.1 Å². The lowest BCUT2D eigenvalue weighted by molar-refractivity contribution is -0.394. The minimum Gasteiger partial charge on any atom is -0.494 e. The summed E-state index contributed by atoms with van der Waals surface area (Å²) in [6, 6.07) is 10.8. The first-order valence-electron chi connectivity index (χ1n) is 6.85. The minimum atomic E-state index is -0.661. The number of non-ortho nitro benzene ring substituents is 1. The monoisotopic (exact) mass is 314 g/mol. The van der Waals surface area contributed by atoms with E-state index in [0.29, 0.717) is 17.9 Å². The van der Waals surface area contributed by atoms with Crippen molar-refractivity contribution >= 4 is 23.5 Å². The third-order valence-electron chi connectivity index (χ3n) is 3.05. The Kier molecular flexibility index (Phi) is 5.03. The highest BCUT2D eigenvalue weighted by Crippen LogP contribution is 2.26. The molecule has 0 aliphatic carbocycles. The molecule has 23 heavy (non-hydrogen) atoms. The molecule has 0 atom stereocenters. The van der Waals surface area contributed by atoms with Gasteiger partial charge in [-0.2, -0.15) is 0 Å². The van der Waals surface area contributed by atoms with Crippen molar-refractivity contribution in [1.29, 1.82) is 0 Å². The number of nitro benzene ring substituents is 2. The quantitative estimate of drug-likeness (QED) is 0.455. The zero-order valence-electron chi connectivity index (χ0n) is 12.3. The lowest BCUT2D eigenvalue weighted by atomic mass is 10.1. The van der Waals surface area contributed by atoms with Crippen molar-refractivity contribution in [3.63, 3.8) is 0 Å². The summed E-state index contributed by atoms with van der Waals surface area (Å²) in [7, 11) is 0. The summed E-state index contributed by atoms with van der Waals surface area (Å²) in [4.78, 5) is 20.5. The maximum absolute atomic E-state index is 11.1. The molecule has 0 aromatic heterocycles. The molecule has 0 unspecified atom stereocenters. The Labute approximate surface area is 132 Å². The highest BCUT2D eigenvalue weighted by molar-refractivity contribution is 5.75. The molecule has 0 amide bonds. The lowest BCUT2D eigenvalue weighted by Crippen LogP contribution is -1.94. The summed E-state index contributed by atoms with van der Waals surface area (Å²) in [5.74, 6) is 0.702. The van der Waals surface area contributed by atoms with E-state index in [0.717, 1.165) is 11.6 Å². The minimum absolute atomic E-state index is 0.294. The highest BCUT2D eigenvalue weighted by Gasteiger charge is 2.17.